The van der Waals surface area contributed by atoms with E-state index in [2.05, 4.69) is 58.5 Å². The van der Waals surface area contributed by atoms with Crippen molar-refractivity contribution < 1.29 is 9.21 Å². The highest BCUT2D eigenvalue weighted by Crippen LogP contribution is 2.16. The molecule has 0 unspecified atom stereocenters. The molecule has 1 aromatic carbocycles. The van der Waals surface area contributed by atoms with Crippen LogP contribution in [-0.4, -0.2) is 41.5 Å². The van der Waals surface area contributed by atoms with Gasteiger partial charge in [-0.3, -0.25) is 4.79 Å². The van der Waals surface area contributed by atoms with Gasteiger partial charge < -0.3 is 14.6 Å². The molecule has 6 nitrogen and oxygen atoms in total. The third-order valence-electron chi connectivity index (χ3n) is 3.29. The van der Waals surface area contributed by atoms with Gasteiger partial charge in [-0.1, -0.05) is 23.9 Å². The molecule has 23 heavy (non-hydrogen) atoms. The summed E-state index contributed by atoms with van der Waals surface area (Å²) in [6.45, 7) is 8.19. The van der Waals surface area contributed by atoms with Gasteiger partial charge in [0.15, 0.2) is 0 Å². The molecule has 0 atom stereocenters. The van der Waals surface area contributed by atoms with Gasteiger partial charge in [-0.15, -0.1) is 10.2 Å². The van der Waals surface area contributed by atoms with Crippen LogP contribution in [-0.2, 0) is 4.79 Å². The fourth-order valence-electron chi connectivity index (χ4n) is 2.14. The lowest BCUT2D eigenvalue weighted by molar-refractivity contribution is -0.118. The fourth-order valence-corrected chi connectivity index (χ4v) is 2.77. The third-order valence-corrected chi connectivity index (χ3v) is 4.11. The summed E-state index contributed by atoms with van der Waals surface area (Å²) in [6, 6.07) is 8.37. The number of aromatic nitrogens is 2. The summed E-state index contributed by atoms with van der Waals surface area (Å²) in [5.74, 6) is 0.744. The Labute approximate surface area is 140 Å². The highest BCUT2D eigenvalue weighted by molar-refractivity contribution is 7.99. The fraction of sp³-hybridized carbons (Fsp3) is 0.438. The van der Waals surface area contributed by atoms with E-state index in [4.69, 9.17) is 4.42 Å². The van der Waals surface area contributed by atoms with Crippen molar-refractivity contribution in [2.45, 2.75) is 26.0 Å². The number of carbonyl (C=O) groups excluding carboxylic acids is 1. The number of amides is 1. The van der Waals surface area contributed by atoms with Crippen LogP contribution in [0, 0.1) is 13.8 Å². The first-order valence-electron chi connectivity index (χ1n) is 7.59. The molecule has 0 aliphatic carbocycles. The molecular weight excluding hydrogens is 312 g/mol. The highest BCUT2D eigenvalue weighted by atomic mass is 32.2. The molecule has 0 radical (unpaired) electrons. The van der Waals surface area contributed by atoms with E-state index in [1.807, 2.05) is 0 Å². The van der Waals surface area contributed by atoms with Gasteiger partial charge in [0.25, 0.3) is 5.22 Å². The van der Waals surface area contributed by atoms with Gasteiger partial charge in [-0.25, -0.2) is 0 Å². The van der Waals surface area contributed by atoms with E-state index in [0.29, 0.717) is 17.7 Å². The zero-order chi connectivity index (χ0) is 16.7. The molecule has 1 aromatic heterocycles. The minimum absolute atomic E-state index is 0.0360. The van der Waals surface area contributed by atoms with Gasteiger partial charge in [0.2, 0.25) is 11.8 Å². The number of benzene rings is 1. The number of aryl methyl sites for hydroxylation is 2. The van der Waals surface area contributed by atoms with E-state index in [-0.39, 0.29) is 11.7 Å². The second-order valence-corrected chi connectivity index (χ2v) is 6.07. The molecular formula is C16H22N4O2S. The summed E-state index contributed by atoms with van der Waals surface area (Å²) >= 11 is 1.25. The lowest BCUT2D eigenvalue weighted by Crippen LogP contribution is -2.35. The molecule has 2 rings (SSSR count). The van der Waals surface area contributed by atoms with E-state index in [1.54, 1.807) is 6.92 Å². The van der Waals surface area contributed by atoms with Crippen molar-refractivity contribution in [2.24, 2.45) is 0 Å². The second kappa shape index (κ2) is 8.57. The average Bonchev–Trinajstić information content (AvgIpc) is 2.95. The Morgan fingerprint density at radius 2 is 2.17 bits per heavy atom. The molecule has 2 aromatic rings. The minimum Gasteiger partial charge on any atom is -0.416 e. The van der Waals surface area contributed by atoms with E-state index in [0.717, 1.165) is 13.1 Å². The van der Waals surface area contributed by atoms with Crippen LogP contribution in [0.15, 0.2) is 33.9 Å². The van der Waals surface area contributed by atoms with Crippen molar-refractivity contribution in [1.29, 1.82) is 0 Å². The number of thioether (sulfide) groups is 1. The third kappa shape index (κ3) is 5.59. The highest BCUT2D eigenvalue weighted by Gasteiger charge is 2.09. The van der Waals surface area contributed by atoms with Crippen molar-refractivity contribution in [3.05, 3.63) is 35.7 Å². The van der Waals surface area contributed by atoms with Gasteiger partial charge in [-0.2, -0.15) is 0 Å². The Kier molecular flexibility index (Phi) is 6.46. The molecule has 1 amide bonds. The molecule has 0 aliphatic heterocycles. The predicted molar refractivity (Wildman–Crippen MR) is 91.8 cm³/mol. The number of anilines is 1. The summed E-state index contributed by atoms with van der Waals surface area (Å²) in [6.07, 6.45) is 0. The normalized spacial score (nSPS) is 10.6. The Morgan fingerprint density at radius 1 is 1.35 bits per heavy atom. The maximum absolute atomic E-state index is 11.8. The van der Waals surface area contributed by atoms with Crippen LogP contribution < -0.4 is 10.2 Å². The Balaban J connectivity index is 1.73. The van der Waals surface area contributed by atoms with E-state index in [1.165, 1.54) is 23.0 Å². The van der Waals surface area contributed by atoms with Gasteiger partial charge in [0.1, 0.15) is 0 Å². The molecule has 0 spiro atoms. The number of hydrogen-bond donors (Lipinski definition) is 1. The van der Waals surface area contributed by atoms with Crippen molar-refractivity contribution >= 4 is 23.4 Å². The molecule has 0 aliphatic rings. The summed E-state index contributed by atoms with van der Waals surface area (Å²) in [4.78, 5) is 14.1. The van der Waals surface area contributed by atoms with Gasteiger partial charge in [0.05, 0.1) is 5.75 Å². The molecule has 1 heterocycles. The number of likely N-dealkylation sites (N-methyl/N-ethyl adjacent to an activating group) is 1. The number of carbonyl (C=O) groups is 1. The number of hydrogen-bond acceptors (Lipinski definition) is 6. The van der Waals surface area contributed by atoms with Crippen LogP contribution >= 0.6 is 11.8 Å². The van der Waals surface area contributed by atoms with Crippen molar-refractivity contribution in [2.75, 3.05) is 30.3 Å². The molecule has 124 valence electrons. The van der Waals surface area contributed by atoms with Crippen LogP contribution in [0.2, 0.25) is 0 Å². The Morgan fingerprint density at radius 3 is 2.83 bits per heavy atom. The van der Waals surface area contributed by atoms with Gasteiger partial charge in [0, 0.05) is 32.2 Å². The topological polar surface area (TPSA) is 71.3 Å². The Bertz CT molecular complexity index is 645. The van der Waals surface area contributed by atoms with Crippen LogP contribution in [0.5, 0.6) is 0 Å². The smallest absolute Gasteiger partial charge is 0.277 e. The molecule has 0 saturated carbocycles. The van der Waals surface area contributed by atoms with Crippen LogP contribution in [0.4, 0.5) is 5.69 Å². The van der Waals surface area contributed by atoms with Crippen molar-refractivity contribution in [1.82, 2.24) is 15.5 Å². The van der Waals surface area contributed by atoms with Crippen LogP contribution in [0.3, 0.4) is 0 Å². The summed E-state index contributed by atoms with van der Waals surface area (Å²) in [5.41, 5.74) is 2.41. The average molecular weight is 334 g/mol. The number of rotatable bonds is 8. The zero-order valence-corrected chi connectivity index (χ0v) is 14.5. The molecule has 0 bridgehead atoms. The van der Waals surface area contributed by atoms with Crippen LogP contribution in [0.1, 0.15) is 18.4 Å². The molecule has 1 N–H and O–H groups in total. The first-order valence-corrected chi connectivity index (χ1v) is 8.58. The van der Waals surface area contributed by atoms with E-state index >= 15 is 0 Å². The minimum atomic E-state index is -0.0360. The largest absolute Gasteiger partial charge is 0.416 e. The van der Waals surface area contributed by atoms with Gasteiger partial charge in [-0.05, 0) is 31.5 Å². The maximum Gasteiger partial charge on any atom is 0.277 e. The number of nitrogens with zero attached hydrogens (tertiary/aromatic N) is 3. The van der Waals surface area contributed by atoms with Crippen molar-refractivity contribution in [3.63, 3.8) is 0 Å². The lowest BCUT2D eigenvalue weighted by Gasteiger charge is -2.23. The van der Waals surface area contributed by atoms with Gasteiger partial charge >= 0.3 is 0 Å². The molecule has 0 fully saturated rings. The SMILES string of the molecule is CCN(CCNC(=O)CSc1nnc(C)o1)c1cccc(C)c1. The van der Waals surface area contributed by atoms with E-state index < -0.39 is 0 Å². The maximum atomic E-state index is 11.8. The lowest BCUT2D eigenvalue weighted by atomic mass is 10.2. The standard InChI is InChI=1S/C16H22N4O2S/c1-4-20(14-7-5-6-12(2)10-14)9-8-17-15(21)11-23-16-19-18-13(3)22-16/h5-7,10H,4,8-9,11H2,1-3H3,(H,17,21). The zero-order valence-electron chi connectivity index (χ0n) is 13.7. The molecule has 7 heteroatoms. The number of nitrogens with one attached hydrogen (secondary N) is 1. The summed E-state index contributed by atoms with van der Waals surface area (Å²) in [5, 5.41) is 10.9. The first-order chi connectivity index (χ1) is 11.1. The van der Waals surface area contributed by atoms with Crippen LogP contribution in [0.25, 0.3) is 0 Å². The molecule has 0 saturated heterocycles. The quantitative estimate of drug-likeness (QED) is 0.748. The monoisotopic (exact) mass is 334 g/mol. The second-order valence-electron chi connectivity index (χ2n) is 5.14. The van der Waals surface area contributed by atoms with E-state index in [9.17, 15) is 4.79 Å². The predicted octanol–water partition coefficient (Wildman–Crippen LogP) is 2.42. The first kappa shape index (κ1) is 17.3. The summed E-state index contributed by atoms with van der Waals surface area (Å²) < 4.78 is 5.22. The van der Waals surface area contributed by atoms with Crippen molar-refractivity contribution in [3.8, 4) is 0 Å². The Hall–Kier alpha value is -2.02. The summed E-state index contributed by atoms with van der Waals surface area (Å²) in [7, 11) is 0.